The predicted octanol–water partition coefficient (Wildman–Crippen LogP) is 4.10. The normalized spacial score (nSPS) is 10.3. The second-order valence-corrected chi connectivity index (χ2v) is 4.58. The molecule has 1 heterocycles. The van der Waals surface area contributed by atoms with E-state index in [2.05, 4.69) is 15.3 Å². The maximum absolute atomic E-state index is 6.04. The van der Waals surface area contributed by atoms with Gasteiger partial charge in [-0.25, -0.2) is 9.97 Å². The van der Waals surface area contributed by atoms with E-state index in [4.69, 9.17) is 27.9 Å². The van der Waals surface area contributed by atoms with E-state index in [-0.39, 0.29) is 0 Å². The van der Waals surface area contributed by atoms with Crippen molar-refractivity contribution in [3.63, 3.8) is 0 Å². The van der Waals surface area contributed by atoms with Gasteiger partial charge in [-0.15, -0.1) is 0 Å². The predicted molar refractivity (Wildman–Crippen MR) is 77.7 cm³/mol. The van der Waals surface area contributed by atoms with Crippen molar-refractivity contribution >= 4 is 34.7 Å². The maximum Gasteiger partial charge on any atom is 0.139 e. The summed E-state index contributed by atoms with van der Waals surface area (Å²) < 4.78 is 5.17. The number of nitrogens with one attached hydrogen (secondary N) is 1. The number of nitrogens with zero attached hydrogens (tertiary/aromatic N) is 2. The Bertz CT molecular complexity index is 590. The van der Waals surface area contributed by atoms with Crippen LogP contribution in [0.5, 0.6) is 5.75 Å². The van der Waals surface area contributed by atoms with Gasteiger partial charge in [-0.05, 0) is 18.6 Å². The first-order valence-corrected chi connectivity index (χ1v) is 6.51. The van der Waals surface area contributed by atoms with Crippen LogP contribution < -0.4 is 10.1 Å². The van der Waals surface area contributed by atoms with Crippen LogP contribution in [-0.2, 0) is 6.42 Å². The van der Waals surface area contributed by atoms with Crippen LogP contribution in [0.3, 0.4) is 0 Å². The van der Waals surface area contributed by atoms with Gasteiger partial charge >= 0.3 is 0 Å². The molecule has 1 aromatic heterocycles. The van der Waals surface area contributed by atoms with Gasteiger partial charge in [0.05, 0.1) is 12.1 Å². The summed E-state index contributed by atoms with van der Waals surface area (Å²) in [6.07, 6.45) is 2.17. The second-order valence-electron chi connectivity index (χ2n) is 3.82. The zero-order chi connectivity index (χ0) is 13.8. The van der Waals surface area contributed by atoms with Crippen molar-refractivity contribution in [2.75, 3.05) is 12.4 Å². The summed E-state index contributed by atoms with van der Waals surface area (Å²) in [4.78, 5) is 8.17. The molecule has 0 atom stereocenters. The molecule has 100 valence electrons. The molecule has 0 aliphatic heterocycles. The number of methoxy groups -OCH3 is 1. The van der Waals surface area contributed by atoms with Crippen LogP contribution in [0, 0.1) is 0 Å². The van der Waals surface area contributed by atoms with Crippen molar-refractivity contribution < 1.29 is 4.74 Å². The molecule has 0 saturated carbocycles. The Kier molecular flexibility index (Phi) is 4.45. The molecule has 2 rings (SSSR count). The SMILES string of the molecule is CCc1c(Cl)ncnc1Nc1ccc(Cl)c(OC)c1. The van der Waals surface area contributed by atoms with Gasteiger partial charge in [0, 0.05) is 17.3 Å². The lowest BCUT2D eigenvalue weighted by Crippen LogP contribution is -2.00. The van der Waals surface area contributed by atoms with E-state index < -0.39 is 0 Å². The van der Waals surface area contributed by atoms with E-state index in [0.717, 1.165) is 17.7 Å². The molecular formula is C13H13Cl2N3O. The highest BCUT2D eigenvalue weighted by Crippen LogP contribution is 2.30. The van der Waals surface area contributed by atoms with Crippen LogP contribution in [0.15, 0.2) is 24.5 Å². The molecule has 0 radical (unpaired) electrons. The van der Waals surface area contributed by atoms with Gasteiger partial charge < -0.3 is 10.1 Å². The fourth-order valence-corrected chi connectivity index (χ4v) is 2.15. The Labute approximate surface area is 121 Å². The van der Waals surface area contributed by atoms with E-state index in [1.165, 1.54) is 6.33 Å². The minimum Gasteiger partial charge on any atom is -0.495 e. The smallest absolute Gasteiger partial charge is 0.139 e. The molecule has 19 heavy (non-hydrogen) atoms. The number of hydrogen-bond acceptors (Lipinski definition) is 4. The Hall–Kier alpha value is -1.52. The summed E-state index contributed by atoms with van der Waals surface area (Å²) >= 11 is 12.0. The van der Waals surface area contributed by atoms with Crippen LogP contribution in [0.2, 0.25) is 10.2 Å². The van der Waals surface area contributed by atoms with Gasteiger partial charge in [0.1, 0.15) is 23.0 Å². The molecule has 0 aliphatic rings. The van der Waals surface area contributed by atoms with E-state index in [9.17, 15) is 0 Å². The van der Waals surface area contributed by atoms with Gasteiger partial charge in [-0.1, -0.05) is 30.1 Å². The lowest BCUT2D eigenvalue weighted by atomic mass is 10.2. The van der Waals surface area contributed by atoms with Crippen LogP contribution in [0.4, 0.5) is 11.5 Å². The molecule has 0 bridgehead atoms. The highest BCUT2D eigenvalue weighted by atomic mass is 35.5. The van der Waals surface area contributed by atoms with Crippen LogP contribution in [0.25, 0.3) is 0 Å². The summed E-state index contributed by atoms with van der Waals surface area (Å²) in [5.41, 5.74) is 1.70. The zero-order valence-corrected chi connectivity index (χ0v) is 12.1. The van der Waals surface area contributed by atoms with Crippen molar-refractivity contribution in [1.29, 1.82) is 0 Å². The Morgan fingerprint density at radius 3 is 2.74 bits per heavy atom. The van der Waals surface area contributed by atoms with Gasteiger partial charge in [0.25, 0.3) is 0 Å². The fourth-order valence-electron chi connectivity index (χ4n) is 1.69. The monoisotopic (exact) mass is 297 g/mol. The molecule has 0 aliphatic carbocycles. The second kappa shape index (κ2) is 6.08. The number of anilines is 2. The molecule has 1 aromatic carbocycles. The third-order valence-corrected chi connectivity index (χ3v) is 3.30. The maximum atomic E-state index is 6.04. The lowest BCUT2D eigenvalue weighted by molar-refractivity contribution is 0.415. The number of halogens is 2. The molecule has 0 fully saturated rings. The number of ether oxygens (including phenoxy) is 1. The molecule has 1 N–H and O–H groups in total. The number of aromatic nitrogens is 2. The topological polar surface area (TPSA) is 47.0 Å². The summed E-state index contributed by atoms with van der Waals surface area (Å²) in [6.45, 7) is 2.00. The van der Waals surface area contributed by atoms with Crippen LogP contribution >= 0.6 is 23.2 Å². The number of benzene rings is 1. The van der Waals surface area contributed by atoms with Crippen molar-refractivity contribution in [3.8, 4) is 5.75 Å². The van der Waals surface area contributed by atoms with E-state index in [0.29, 0.717) is 21.7 Å². The number of hydrogen-bond donors (Lipinski definition) is 1. The molecule has 0 amide bonds. The minimum atomic E-state index is 0.459. The first kappa shape index (κ1) is 13.9. The molecule has 0 unspecified atom stereocenters. The fraction of sp³-hybridized carbons (Fsp3) is 0.231. The summed E-state index contributed by atoms with van der Waals surface area (Å²) in [5, 5.41) is 4.21. The van der Waals surface area contributed by atoms with Crippen molar-refractivity contribution in [3.05, 3.63) is 40.3 Å². The lowest BCUT2D eigenvalue weighted by Gasteiger charge is -2.12. The third kappa shape index (κ3) is 3.08. The highest BCUT2D eigenvalue weighted by Gasteiger charge is 2.09. The van der Waals surface area contributed by atoms with Gasteiger partial charge in [0.2, 0.25) is 0 Å². The molecule has 6 heteroatoms. The zero-order valence-electron chi connectivity index (χ0n) is 10.6. The average Bonchev–Trinajstić information content (AvgIpc) is 2.41. The molecular weight excluding hydrogens is 285 g/mol. The first-order chi connectivity index (χ1) is 9.15. The summed E-state index contributed by atoms with van der Waals surface area (Å²) in [5.74, 6) is 1.29. The van der Waals surface area contributed by atoms with Crippen LogP contribution in [-0.4, -0.2) is 17.1 Å². The molecule has 0 spiro atoms. The van der Waals surface area contributed by atoms with Crippen molar-refractivity contribution in [2.45, 2.75) is 13.3 Å². The van der Waals surface area contributed by atoms with Crippen LogP contribution in [0.1, 0.15) is 12.5 Å². The Morgan fingerprint density at radius 1 is 1.26 bits per heavy atom. The number of rotatable bonds is 4. The van der Waals surface area contributed by atoms with Gasteiger partial charge in [-0.3, -0.25) is 0 Å². The molecule has 4 nitrogen and oxygen atoms in total. The van der Waals surface area contributed by atoms with Gasteiger partial charge in [-0.2, -0.15) is 0 Å². The molecule has 0 saturated heterocycles. The average molecular weight is 298 g/mol. The quantitative estimate of drug-likeness (QED) is 0.863. The van der Waals surface area contributed by atoms with Crippen molar-refractivity contribution in [1.82, 2.24) is 9.97 Å². The van der Waals surface area contributed by atoms with E-state index in [1.807, 2.05) is 13.0 Å². The van der Waals surface area contributed by atoms with Crippen molar-refractivity contribution in [2.24, 2.45) is 0 Å². The summed E-state index contributed by atoms with van der Waals surface area (Å²) in [6, 6.07) is 5.41. The first-order valence-electron chi connectivity index (χ1n) is 5.75. The molecule has 2 aromatic rings. The third-order valence-electron chi connectivity index (χ3n) is 2.66. The highest BCUT2D eigenvalue weighted by molar-refractivity contribution is 6.32. The Morgan fingerprint density at radius 2 is 2.05 bits per heavy atom. The Balaban J connectivity index is 2.33. The minimum absolute atomic E-state index is 0.459. The summed E-state index contributed by atoms with van der Waals surface area (Å²) in [7, 11) is 1.57. The van der Waals surface area contributed by atoms with E-state index >= 15 is 0 Å². The standard InChI is InChI=1S/C13H13Cl2N3O/c1-3-9-12(15)16-7-17-13(9)18-8-4-5-10(14)11(6-8)19-2/h4-7H,3H2,1-2H3,(H,16,17,18). The van der Waals surface area contributed by atoms with E-state index in [1.54, 1.807) is 19.2 Å². The van der Waals surface area contributed by atoms with Gasteiger partial charge in [0.15, 0.2) is 0 Å². The largest absolute Gasteiger partial charge is 0.495 e.